The number of thiophene rings is 1. The summed E-state index contributed by atoms with van der Waals surface area (Å²) in [5, 5.41) is 12.2. The van der Waals surface area contributed by atoms with E-state index in [9.17, 15) is 27.6 Å². The topological polar surface area (TPSA) is 128 Å². The zero-order valence-corrected chi connectivity index (χ0v) is 24.2. The van der Waals surface area contributed by atoms with Gasteiger partial charge in [-0.25, -0.2) is 14.8 Å². The summed E-state index contributed by atoms with van der Waals surface area (Å²) in [6.07, 6.45) is -0.211. The van der Waals surface area contributed by atoms with Crippen molar-refractivity contribution in [2.45, 2.75) is 32.0 Å². The second-order valence-corrected chi connectivity index (χ2v) is 11.0. The molecule has 2 aliphatic heterocycles. The minimum Gasteiger partial charge on any atom is -0.347 e. The second kappa shape index (κ2) is 11.8. The average Bonchev–Trinajstić information content (AvgIpc) is 3.33. The Kier molecular flexibility index (Phi) is 8.27. The van der Waals surface area contributed by atoms with Crippen LogP contribution in [0.1, 0.15) is 44.0 Å². The quantitative estimate of drug-likeness (QED) is 0.219. The first-order valence-corrected chi connectivity index (χ1v) is 13.9. The molecule has 1 fully saturated rings. The molecular formula is C28H25ClF3N7O3S. The van der Waals surface area contributed by atoms with Crippen LogP contribution in [0.2, 0.25) is 0 Å². The van der Waals surface area contributed by atoms with Gasteiger partial charge in [0.05, 0.1) is 28.0 Å². The number of piperidine rings is 1. The van der Waals surface area contributed by atoms with E-state index in [1.54, 1.807) is 25.3 Å². The van der Waals surface area contributed by atoms with Crippen molar-refractivity contribution in [3.05, 3.63) is 70.4 Å². The molecule has 10 nitrogen and oxygen atoms in total. The van der Waals surface area contributed by atoms with Gasteiger partial charge in [-0.3, -0.25) is 14.5 Å². The number of hydrogen-bond acceptors (Lipinski definition) is 7. The van der Waals surface area contributed by atoms with Gasteiger partial charge >= 0.3 is 12.2 Å². The summed E-state index contributed by atoms with van der Waals surface area (Å²) in [5.41, 5.74) is 1.20. The van der Waals surface area contributed by atoms with Gasteiger partial charge < -0.3 is 21.3 Å². The van der Waals surface area contributed by atoms with Crippen LogP contribution in [-0.2, 0) is 6.18 Å². The number of carbonyl (C=O) groups is 3. The van der Waals surface area contributed by atoms with E-state index < -0.39 is 23.7 Å². The summed E-state index contributed by atoms with van der Waals surface area (Å²) < 4.78 is 39.1. The molecule has 4 aromatic rings. The Balaban J connectivity index is 0.00000368. The van der Waals surface area contributed by atoms with Gasteiger partial charge in [0.15, 0.2) is 0 Å². The smallest absolute Gasteiger partial charge is 0.347 e. The largest absolute Gasteiger partial charge is 0.416 e. The summed E-state index contributed by atoms with van der Waals surface area (Å²) in [6.45, 7) is 3.30. The van der Waals surface area contributed by atoms with E-state index in [-0.39, 0.29) is 35.7 Å². The van der Waals surface area contributed by atoms with Gasteiger partial charge in [-0.2, -0.15) is 13.2 Å². The monoisotopic (exact) mass is 631 g/mol. The fraction of sp³-hybridized carbons (Fsp3) is 0.250. The Morgan fingerprint density at radius 2 is 1.86 bits per heavy atom. The second-order valence-electron chi connectivity index (χ2n) is 9.98. The van der Waals surface area contributed by atoms with Crippen LogP contribution in [0, 0.1) is 6.92 Å². The van der Waals surface area contributed by atoms with Crippen molar-refractivity contribution in [3.63, 3.8) is 0 Å². The average molecular weight is 632 g/mol. The first-order chi connectivity index (χ1) is 20.1. The maximum atomic E-state index is 13.5. The van der Waals surface area contributed by atoms with Crippen LogP contribution < -0.4 is 26.2 Å². The number of pyridine rings is 2. The number of alkyl halides is 3. The summed E-state index contributed by atoms with van der Waals surface area (Å²) in [7, 11) is 0. The molecule has 0 radical (unpaired) electrons. The highest BCUT2D eigenvalue weighted by Gasteiger charge is 2.34. The maximum absolute atomic E-state index is 13.5. The molecule has 224 valence electrons. The highest BCUT2D eigenvalue weighted by Crippen LogP contribution is 2.46. The van der Waals surface area contributed by atoms with E-state index in [2.05, 4.69) is 31.2 Å². The summed E-state index contributed by atoms with van der Waals surface area (Å²) in [5.74, 6) is -1.17. The molecule has 0 spiro atoms. The van der Waals surface area contributed by atoms with Crippen molar-refractivity contribution >= 4 is 74.7 Å². The molecule has 4 N–H and O–H groups in total. The third-order valence-electron chi connectivity index (χ3n) is 7.11. The van der Waals surface area contributed by atoms with Crippen molar-refractivity contribution in [1.82, 2.24) is 20.6 Å². The normalized spacial score (nSPS) is 16.3. The number of anilines is 4. The van der Waals surface area contributed by atoms with E-state index in [0.29, 0.717) is 44.3 Å². The molecule has 5 heterocycles. The first kappa shape index (κ1) is 30.2. The molecule has 0 saturated carbocycles. The van der Waals surface area contributed by atoms with Crippen LogP contribution in [-0.4, -0.2) is 46.9 Å². The molecule has 0 bridgehead atoms. The van der Waals surface area contributed by atoms with Gasteiger partial charge in [-0.15, -0.1) is 23.7 Å². The lowest BCUT2D eigenvalue weighted by Crippen LogP contribution is -2.45. The molecule has 2 aliphatic rings. The number of amides is 4. The predicted molar refractivity (Wildman–Crippen MR) is 160 cm³/mol. The number of aryl methyl sites for hydroxylation is 1. The Morgan fingerprint density at radius 1 is 1.07 bits per heavy atom. The van der Waals surface area contributed by atoms with Crippen LogP contribution in [0.15, 0.2) is 48.8 Å². The van der Waals surface area contributed by atoms with Crippen LogP contribution in [0.25, 0.3) is 10.2 Å². The number of benzene rings is 1. The first-order valence-electron chi connectivity index (χ1n) is 13.1. The SMILES string of the molecule is Cc1cc(C(=O)Nc2cc(C(F)(F)F)ccn2)ccc1N1C(=O)Nc2c(C(=O)N[C@@H]3CCCNC3)sc3nccc1c23.Cl. The zero-order chi connectivity index (χ0) is 29.6. The minimum atomic E-state index is -4.58. The number of carbonyl (C=O) groups excluding carboxylic acids is 3. The maximum Gasteiger partial charge on any atom is 0.416 e. The van der Waals surface area contributed by atoms with Crippen LogP contribution in [0.3, 0.4) is 0 Å². The van der Waals surface area contributed by atoms with Crippen LogP contribution in [0.5, 0.6) is 0 Å². The number of hydrogen-bond donors (Lipinski definition) is 4. The third-order valence-corrected chi connectivity index (χ3v) is 8.21. The van der Waals surface area contributed by atoms with E-state index in [0.717, 1.165) is 37.7 Å². The molecule has 15 heteroatoms. The van der Waals surface area contributed by atoms with Crippen molar-refractivity contribution in [1.29, 1.82) is 0 Å². The van der Waals surface area contributed by atoms with Gasteiger partial charge in [0.1, 0.15) is 15.5 Å². The number of halogens is 4. The summed E-state index contributed by atoms with van der Waals surface area (Å²) in [4.78, 5) is 50.1. The molecule has 0 aliphatic carbocycles. The number of nitrogens with one attached hydrogen (secondary N) is 4. The fourth-order valence-electron chi connectivity index (χ4n) is 5.12. The fourth-order valence-corrected chi connectivity index (χ4v) is 6.14. The van der Waals surface area contributed by atoms with Crippen molar-refractivity contribution in [2.24, 2.45) is 0 Å². The van der Waals surface area contributed by atoms with E-state index >= 15 is 0 Å². The van der Waals surface area contributed by atoms with Gasteiger partial charge in [0.25, 0.3) is 11.8 Å². The molecular weight excluding hydrogens is 607 g/mol. The summed E-state index contributed by atoms with van der Waals surface area (Å²) in [6, 6.07) is 7.34. The van der Waals surface area contributed by atoms with Crippen LogP contribution >= 0.6 is 23.7 Å². The van der Waals surface area contributed by atoms with Gasteiger partial charge in [0, 0.05) is 30.5 Å². The van der Waals surface area contributed by atoms with Gasteiger partial charge in [-0.1, -0.05) is 0 Å². The van der Waals surface area contributed by atoms with E-state index in [1.165, 1.54) is 28.4 Å². The van der Waals surface area contributed by atoms with Crippen molar-refractivity contribution in [3.8, 4) is 0 Å². The molecule has 1 saturated heterocycles. The minimum absolute atomic E-state index is 0. The van der Waals surface area contributed by atoms with Gasteiger partial charge in [-0.05, 0) is 68.3 Å². The lowest BCUT2D eigenvalue weighted by molar-refractivity contribution is -0.137. The molecule has 4 amide bonds. The standard InChI is InChI=1S/C28H24F3N7O3S.ClH/c1-14-11-15(24(39)36-20-12-16(6-9-33-20)28(29,30)31)4-5-18(14)38-19-7-10-34-26-21(19)22(37-27(38)41)23(42-26)25(40)35-17-3-2-8-32-13-17;/h4-7,9-12,17,32H,2-3,8,13H2,1H3,(H,35,40)(H,37,41)(H,33,36,39);1H/t17-;/m1./s1. The Morgan fingerprint density at radius 3 is 2.58 bits per heavy atom. The number of nitrogens with zero attached hydrogens (tertiary/aromatic N) is 3. The lowest BCUT2D eigenvalue weighted by Gasteiger charge is -2.30. The molecule has 3 aromatic heterocycles. The molecule has 43 heavy (non-hydrogen) atoms. The van der Waals surface area contributed by atoms with Crippen molar-refractivity contribution in [2.75, 3.05) is 28.6 Å². The summed E-state index contributed by atoms with van der Waals surface area (Å²) >= 11 is 1.20. The molecule has 0 unspecified atom stereocenters. The Labute approximate surface area is 253 Å². The third kappa shape index (κ3) is 5.85. The lowest BCUT2D eigenvalue weighted by atomic mass is 10.1. The van der Waals surface area contributed by atoms with Gasteiger partial charge in [0.2, 0.25) is 0 Å². The molecule has 1 atom stereocenters. The highest BCUT2D eigenvalue weighted by molar-refractivity contribution is 7.21. The zero-order valence-electron chi connectivity index (χ0n) is 22.5. The van der Waals surface area contributed by atoms with E-state index in [1.807, 2.05) is 0 Å². The molecule has 1 aromatic carbocycles. The number of aromatic nitrogens is 2. The van der Waals surface area contributed by atoms with Crippen molar-refractivity contribution < 1.29 is 27.6 Å². The number of urea groups is 1. The van der Waals surface area contributed by atoms with E-state index in [4.69, 9.17) is 0 Å². The highest BCUT2D eigenvalue weighted by atomic mass is 35.5. The Bertz CT molecular complexity index is 1740. The number of rotatable bonds is 5. The predicted octanol–water partition coefficient (Wildman–Crippen LogP) is 5.86. The Hall–Kier alpha value is -4.27. The van der Waals surface area contributed by atoms with Crippen LogP contribution in [0.4, 0.5) is 40.8 Å². The molecule has 6 rings (SSSR count).